The minimum absolute atomic E-state index is 0.0276. The van der Waals surface area contributed by atoms with Crippen LogP contribution in [-0.2, 0) is 0 Å². The van der Waals surface area contributed by atoms with Gasteiger partial charge in [0.25, 0.3) is 0 Å². The predicted molar refractivity (Wildman–Crippen MR) is 37.4 cm³/mol. The molecule has 0 aromatic carbocycles. The summed E-state index contributed by atoms with van der Waals surface area (Å²) >= 11 is 0. The molecule has 0 bridgehead atoms. The molecule has 0 rings (SSSR count). The Balaban J connectivity index is 3.45. The van der Waals surface area contributed by atoms with Crippen molar-refractivity contribution in [1.82, 2.24) is 0 Å². The van der Waals surface area contributed by atoms with Crippen LogP contribution in [-0.4, -0.2) is 30.8 Å². The molecule has 2 radical (unpaired) electrons. The minimum Gasteiger partial charge on any atom is -0.396 e. The van der Waals surface area contributed by atoms with Gasteiger partial charge in [0.1, 0.15) is 0 Å². The van der Waals surface area contributed by atoms with Crippen molar-refractivity contribution in [2.75, 3.05) is 6.61 Å². The van der Waals surface area contributed by atoms with E-state index in [1.807, 2.05) is 0 Å². The Morgan fingerprint density at radius 2 is 2.22 bits per heavy atom. The highest BCUT2D eigenvalue weighted by atomic mass is 16.3. The van der Waals surface area contributed by atoms with Gasteiger partial charge in [0.05, 0.1) is 14.0 Å². The first-order valence-corrected chi connectivity index (χ1v) is 2.89. The first kappa shape index (κ1) is 8.72. The van der Waals surface area contributed by atoms with Crippen LogP contribution < -0.4 is 0 Å². The molecule has 2 N–H and O–H groups in total. The van der Waals surface area contributed by atoms with Crippen molar-refractivity contribution in [2.45, 2.75) is 18.8 Å². The Morgan fingerprint density at radius 3 is 2.56 bits per heavy atom. The molecule has 0 saturated carbocycles. The van der Waals surface area contributed by atoms with Crippen molar-refractivity contribution in [3.8, 4) is 0 Å². The average molecular weight is 126 g/mol. The third kappa shape index (κ3) is 3.33. The summed E-state index contributed by atoms with van der Waals surface area (Å²) in [6, 6.07) is 0. The molecule has 1 atom stereocenters. The Hall–Kier alpha value is -0.275. The Bertz CT molecular complexity index is 93.1. The lowest BCUT2D eigenvalue weighted by molar-refractivity contribution is 0.161. The van der Waals surface area contributed by atoms with Crippen molar-refractivity contribution in [2.24, 2.45) is 0 Å². The van der Waals surface area contributed by atoms with Gasteiger partial charge in [-0.05, 0) is 0 Å². The average Bonchev–Trinajstić information content (AvgIpc) is 1.87. The molecule has 1 unspecified atom stereocenters. The molecule has 0 spiro atoms. The van der Waals surface area contributed by atoms with Gasteiger partial charge in [-0.2, -0.15) is 0 Å². The third-order valence-corrected chi connectivity index (χ3v) is 1.14. The number of aliphatic hydroxyl groups excluding tert-OH is 2. The first-order chi connectivity index (χ1) is 4.22. The molecule has 0 aromatic heterocycles. The monoisotopic (exact) mass is 126 g/mol. The summed E-state index contributed by atoms with van der Waals surface area (Å²) < 4.78 is 0. The van der Waals surface area contributed by atoms with E-state index >= 15 is 0 Å². The van der Waals surface area contributed by atoms with Gasteiger partial charge in [-0.15, -0.1) is 0 Å². The SMILES string of the molecule is [B]CC(=C)C(O)CCO. The van der Waals surface area contributed by atoms with Crippen LogP contribution in [0, 0.1) is 0 Å². The zero-order chi connectivity index (χ0) is 7.28. The van der Waals surface area contributed by atoms with Crippen LogP contribution in [0.15, 0.2) is 12.2 Å². The van der Waals surface area contributed by atoms with E-state index in [9.17, 15) is 0 Å². The lowest BCUT2D eigenvalue weighted by Gasteiger charge is -2.09. The van der Waals surface area contributed by atoms with Crippen LogP contribution in [0.2, 0.25) is 6.32 Å². The van der Waals surface area contributed by atoms with Crippen LogP contribution in [0.1, 0.15) is 6.42 Å². The smallest absolute Gasteiger partial charge is 0.0762 e. The van der Waals surface area contributed by atoms with Crippen molar-refractivity contribution in [3.63, 3.8) is 0 Å². The molecule has 50 valence electrons. The maximum atomic E-state index is 8.98. The van der Waals surface area contributed by atoms with E-state index in [-0.39, 0.29) is 12.9 Å². The second-order valence-electron chi connectivity index (χ2n) is 1.89. The molecule has 2 nitrogen and oxygen atoms in total. The summed E-state index contributed by atoms with van der Waals surface area (Å²) in [6.45, 7) is 3.48. The number of aliphatic hydroxyl groups is 2. The fourth-order valence-corrected chi connectivity index (χ4v) is 0.462. The van der Waals surface area contributed by atoms with Gasteiger partial charge in [-0.25, -0.2) is 0 Å². The normalized spacial score (nSPS) is 13.1. The molecule has 3 heteroatoms. The first-order valence-electron chi connectivity index (χ1n) is 2.89. The van der Waals surface area contributed by atoms with E-state index in [1.165, 1.54) is 0 Å². The molecular weight excluding hydrogens is 115 g/mol. The lowest BCUT2D eigenvalue weighted by atomic mass is 9.93. The van der Waals surface area contributed by atoms with Crippen LogP contribution in [0.25, 0.3) is 0 Å². The summed E-state index contributed by atoms with van der Waals surface area (Å²) in [4.78, 5) is 0. The molecule has 0 saturated heterocycles. The zero-order valence-electron chi connectivity index (χ0n) is 5.38. The maximum Gasteiger partial charge on any atom is 0.0762 e. The molecule has 0 aliphatic carbocycles. The molecule has 0 amide bonds. The number of hydrogen-bond donors (Lipinski definition) is 2. The number of hydrogen-bond acceptors (Lipinski definition) is 2. The van der Waals surface area contributed by atoms with Gasteiger partial charge in [-0.1, -0.05) is 18.5 Å². The van der Waals surface area contributed by atoms with E-state index in [4.69, 9.17) is 18.1 Å². The van der Waals surface area contributed by atoms with Gasteiger partial charge in [0.2, 0.25) is 0 Å². The van der Waals surface area contributed by atoms with Crippen molar-refractivity contribution >= 4 is 7.85 Å². The standard InChI is InChI=1S/C6H11BO2/c1-5(4-7)6(9)2-3-8/h6,8-9H,1-4H2. The Labute approximate surface area is 56.6 Å². The van der Waals surface area contributed by atoms with Gasteiger partial charge < -0.3 is 10.2 Å². The largest absolute Gasteiger partial charge is 0.396 e. The summed E-state index contributed by atoms with van der Waals surface area (Å²) in [6.07, 6.45) is -0.0306. The number of rotatable bonds is 4. The zero-order valence-corrected chi connectivity index (χ0v) is 5.38. The van der Waals surface area contributed by atoms with Gasteiger partial charge >= 0.3 is 0 Å². The fourth-order valence-electron chi connectivity index (χ4n) is 0.462. The highest BCUT2D eigenvalue weighted by molar-refractivity contribution is 6.10. The molecule has 0 aromatic rings. The van der Waals surface area contributed by atoms with Crippen LogP contribution in [0.5, 0.6) is 0 Å². The highest BCUT2D eigenvalue weighted by Crippen LogP contribution is 2.05. The summed E-state index contributed by atoms with van der Waals surface area (Å²) in [5.41, 5.74) is 0.573. The quantitative estimate of drug-likeness (QED) is 0.407. The second kappa shape index (κ2) is 4.59. The molecule has 0 heterocycles. The Kier molecular flexibility index (Phi) is 4.45. The van der Waals surface area contributed by atoms with Crippen molar-refractivity contribution in [1.29, 1.82) is 0 Å². The van der Waals surface area contributed by atoms with E-state index in [1.54, 1.807) is 0 Å². The molecule has 0 aliphatic heterocycles. The molecular formula is C6H11BO2. The van der Waals surface area contributed by atoms with E-state index in [0.29, 0.717) is 12.0 Å². The van der Waals surface area contributed by atoms with E-state index in [0.717, 1.165) is 0 Å². The fraction of sp³-hybridized carbons (Fsp3) is 0.667. The van der Waals surface area contributed by atoms with Gasteiger partial charge in [0.15, 0.2) is 0 Å². The molecule has 0 fully saturated rings. The Morgan fingerprint density at radius 1 is 1.67 bits per heavy atom. The highest BCUT2D eigenvalue weighted by Gasteiger charge is 2.03. The van der Waals surface area contributed by atoms with Gasteiger partial charge in [-0.3, -0.25) is 0 Å². The second-order valence-corrected chi connectivity index (χ2v) is 1.89. The maximum absolute atomic E-state index is 8.98. The molecule has 9 heavy (non-hydrogen) atoms. The van der Waals surface area contributed by atoms with Crippen molar-refractivity contribution in [3.05, 3.63) is 12.2 Å². The summed E-state index contributed by atoms with van der Waals surface area (Å²) in [7, 11) is 5.16. The van der Waals surface area contributed by atoms with Crippen LogP contribution >= 0.6 is 0 Å². The van der Waals surface area contributed by atoms with Crippen LogP contribution in [0.3, 0.4) is 0 Å². The molecule has 0 aliphatic rings. The van der Waals surface area contributed by atoms with Gasteiger partial charge in [0, 0.05) is 13.0 Å². The van der Waals surface area contributed by atoms with E-state index in [2.05, 4.69) is 6.58 Å². The summed E-state index contributed by atoms with van der Waals surface area (Å²) in [5, 5.41) is 17.3. The lowest BCUT2D eigenvalue weighted by Crippen LogP contribution is -2.10. The van der Waals surface area contributed by atoms with Crippen molar-refractivity contribution < 1.29 is 10.2 Å². The third-order valence-electron chi connectivity index (χ3n) is 1.14. The van der Waals surface area contributed by atoms with E-state index < -0.39 is 6.10 Å². The predicted octanol–water partition coefficient (Wildman–Crippen LogP) is -0.127. The summed E-state index contributed by atoms with van der Waals surface area (Å²) in [5.74, 6) is 0. The topological polar surface area (TPSA) is 40.5 Å². The minimum atomic E-state index is -0.639. The van der Waals surface area contributed by atoms with Crippen LogP contribution in [0.4, 0.5) is 0 Å².